The molecular weight excluding hydrogens is 210 g/mol. The van der Waals surface area contributed by atoms with Gasteiger partial charge in [-0.1, -0.05) is 46.6 Å². The van der Waals surface area contributed by atoms with Crippen LogP contribution in [0, 0.1) is 0 Å². The minimum Gasteiger partial charge on any atom is -0.870 e. The zero-order valence-corrected chi connectivity index (χ0v) is 12.2. The van der Waals surface area contributed by atoms with Crippen LogP contribution in [-0.4, -0.2) is 36.1 Å². The van der Waals surface area contributed by atoms with Crippen molar-refractivity contribution in [2.45, 2.75) is 59.3 Å². The van der Waals surface area contributed by atoms with E-state index >= 15 is 0 Å². The van der Waals surface area contributed by atoms with Crippen LogP contribution < -0.4 is 0 Å². The van der Waals surface area contributed by atoms with Crippen LogP contribution in [-0.2, 0) is 0 Å². The number of rotatable bonds is 11. The van der Waals surface area contributed by atoms with Gasteiger partial charge >= 0.3 is 0 Å². The van der Waals surface area contributed by atoms with Crippen molar-refractivity contribution in [1.29, 1.82) is 0 Å². The van der Waals surface area contributed by atoms with Gasteiger partial charge < -0.3 is 9.96 Å². The summed E-state index contributed by atoms with van der Waals surface area (Å²) in [5.41, 5.74) is 0. The third-order valence-electron chi connectivity index (χ3n) is 3.47. The molecule has 0 radical (unpaired) electrons. The van der Waals surface area contributed by atoms with Crippen LogP contribution in [0.3, 0.4) is 0 Å². The fraction of sp³-hybridized carbons (Fsp3) is 0.867. The number of quaternary nitrogens is 1. The highest BCUT2D eigenvalue weighted by molar-refractivity contribution is 4.66. The average molecular weight is 243 g/mol. The number of hydrogen-bond acceptors (Lipinski definition) is 1. The van der Waals surface area contributed by atoms with Gasteiger partial charge in [-0.2, -0.15) is 0 Å². The minimum absolute atomic E-state index is 0. The molecule has 0 aromatic heterocycles. The first-order valence-electron chi connectivity index (χ1n) is 7.20. The highest BCUT2D eigenvalue weighted by atomic mass is 16.0. The molecule has 0 saturated heterocycles. The Kier molecular flexibility index (Phi) is 13.6. The maximum atomic E-state index is 3.95. The van der Waals surface area contributed by atoms with E-state index in [0.717, 1.165) is 0 Å². The largest absolute Gasteiger partial charge is 0.870 e. The summed E-state index contributed by atoms with van der Waals surface area (Å²) in [6.07, 6.45) is 10.2. The second-order valence-electron chi connectivity index (χ2n) is 5.04. The van der Waals surface area contributed by atoms with Gasteiger partial charge in [0.05, 0.1) is 26.2 Å². The molecule has 0 bridgehead atoms. The monoisotopic (exact) mass is 243 g/mol. The lowest BCUT2D eigenvalue weighted by Crippen LogP contribution is -2.50. The number of unbranched alkanes of at least 4 members (excludes halogenated alkanes) is 3. The summed E-state index contributed by atoms with van der Waals surface area (Å²) < 4.78 is 1.29. The molecule has 0 aromatic rings. The van der Waals surface area contributed by atoms with Crippen LogP contribution in [0.4, 0.5) is 0 Å². The van der Waals surface area contributed by atoms with Crippen molar-refractivity contribution in [2.75, 3.05) is 26.2 Å². The van der Waals surface area contributed by atoms with E-state index in [4.69, 9.17) is 0 Å². The van der Waals surface area contributed by atoms with Crippen LogP contribution >= 0.6 is 0 Å². The molecule has 17 heavy (non-hydrogen) atoms. The molecule has 2 nitrogen and oxygen atoms in total. The topological polar surface area (TPSA) is 30.0 Å². The molecule has 2 heteroatoms. The van der Waals surface area contributed by atoms with E-state index < -0.39 is 0 Å². The SMILES string of the molecule is C=CC[N+](CCCC)(CCCC)CCCC.[OH-]. The third kappa shape index (κ3) is 8.39. The van der Waals surface area contributed by atoms with E-state index in [0.29, 0.717) is 0 Å². The Hall–Kier alpha value is -0.340. The molecule has 0 atom stereocenters. The molecule has 0 heterocycles. The average Bonchev–Trinajstić information content (AvgIpc) is 2.31. The molecule has 0 amide bonds. The summed E-state index contributed by atoms with van der Waals surface area (Å²) in [6.45, 7) is 16.1. The normalized spacial score (nSPS) is 11.0. The molecule has 0 aromatic carbocycles. The maximum absolute atomic E-state index is 3.95. The summed E-state index contributed by atoms with van der Waals surface area (Å²) in [7, 11) is 0. The summed E-state index contributed by atoms with van der Waals surface area (Å²) in [5, 5.41) is 0. The van der Waals surface area contributed by atoms with Gasteiger partial charge in [0, 0.05) is 0 Å². The van der Waals surface area contributed by atoms with E-state index in [1.165, 1.54) is 69.2 Å². The summed E-state index contributed by atoms with van der Waals surface area (Å²) >= 11 is 0. The fourth-order valence-corrected chi connectivity index (χ4v) is 2.36. The second kappa shape index (κ2) is 12.1. The van der Waals surface area contributed by atoms with E-state index in [9.17, 15) is 0 Å². The molecule has 0 fully saturated rings. The molecule has 0 rings (SSSR count). The zero-order chi connectivity index (χ0) is 12.3. The molecule has 0 aliphatic heterocycles. The van der Waals surface area contributed by atoms with Crippen LogP contribution in [0.15, 0.2) is 12.7 Å². The minimum atomic E-state index is 0. The first kappa shape index (κ1) is 19.0. The lowest BCUT2D eigenvalue weighted by molar-refractivity contribution is -0.923. The zero-order valence-electron chi connectivity index (χ0n) is 12.2. The fourth-order valence-electron chi connectivity index (χ4n) is 2.36. The third-order valence-corrected chi connectivity index (χ3v) is 3.47. The molecular formula is C15H33NO. The number of hydrogen-bond donors (Lipinski definition) is 0. The van der Waals surface area contributed by atoms with Crippen LogP contribution in [0.25, 0.3) is 0 Å². The van der Waals surface area contributed by atoms with E-state index in [1.807, 2.05) is 0 Å². The Morgan fingerprint density at radius 3 is 1.41 bits per heavy atom. The van der Waals surface area contributed by atoms with Crippen LogP contribution in [0.5, 0.6) is 0 Å². The maximum Gasteiger partial charge on any atom is 0.0971 e. The van der Waals surface area contributed by atoms with Gasteiger partial charge in [-0.3, -0.25) is 0 Å². The van der Waals surface area contributed by atoms with Gasteiger partial charge in [0.15, 0.2) is 0 Å². The van der Waals surface area contributed by atoms with Gasteiger partial charge in [0.2, 0.25) is 0 Å². The smallest absolute Gasteiger partial charge is 0.0971 e. The quantitative estimate of drug-likeness (QED) is 0.395. The van der Waals surface area contributed by atoms with Gasteiger partial charge in [0.1, 0.15) is 0 Å². The predicted octanol–water partition coefficient (Wildman–Crippen LogP) is 4.21. The summed E-state index contributed by atoms with van der Waals surface area (Å²) in [5.74, 6) is 0. The van der Waals surface area contributed by atoms with Crippen molar-refractivity contribution >= 4 is 0 Å². The Morgan fingerprint density at radius 2 is 1.18 bits per heavy atom. The standard InChI is InChI=1S/C15H32N.H2O/c1-5-9-13-16(12-8-4,14-10-6-2)15-11-7-3;/h8H,4-7,9-15H2,1-3H3;1H2/q+1;/p-1. The van der Waals surface area contributed by atoms with Crippen molar-refractivity contribution in [3.8, 4) is 0 Å². The van der Waals surface area contributed by atoms with Crippen LogP contribution in [0.2, 0.25) is 0 Å². The predicted molar refractivity (Wildman–Crippen MR) is 76.6 cm³/mol. The van der Waals surface area contributed by atoms with E-state index in [-0.39, 0.29) is 5.48 Å². The highest BCUT2D eigenvalue weighted by Gasteiger charge is 2.23. The Balaban J connectivity index is 0. The van der Waals surface area contributed by atoms with Gasteiger partial charge in [0.25, 0.3) is 0 Å². The Labute approximate surface area is 109 Å². The highest BCUT2D eigenvalue weighted by Crippen LogP contribution is 2.14. The van der Waals surface area contributed by atoms with Crippen molar-refractivity contribution < 1.29 is 9.96 Å². The molecule has 0 spiro atoms. The molecule has 0 aliphatic carbocycles. The van der Waals surface area contributed by atoms with Crippen molar-refractivity contribution in [3.63, 3.8) is 0 Å². The van der Waals surface area contributed by atoms with Gasteiger partial charge in [-0.25, -0.2) is 0 Å². The molecule has 1 N–H and O–H groups in total. The van der Waals surface area contributed by atoms with Crippen molar-refractivity contribution in [3.05, 3.63) is 12.7 Å². The first-order chi connectivity index (χ1) is 7.74. The van der Waals surface area contributed by atoms with Crippen LogP contribution in [0.1, 0.15) is 59.3 Å². The van der Waals surface area contributed by atoms with Gasteiger partial charge in [-0.15, -0.1) is 0 Å². The molecule has 0 saturated carbocycles. The molecule has 0 unspecified atom stereocenters. The molecule has 0 aliphatic rings. The lowest BCUT2D eigenvalue weighted by atomic mass is 10.1. The lowest BCUT2D eigenvalue weighted by Gasteiger charge is -2.38. The summed E-state index contributed by atoms with van der Waals surface area (Å²) in [6, 6.07) is 0. The Bertz CT molecular complexity index is 147. The first-order valence-corrected chi connectivity index (χ1v) is 7.20. The Morgan fingerprint density at radius 1 is 0.824 bits per heavy atom. The van der Waals surface area contributed by atoms with E-state index in [2.05, 4.69) is 33.4 Å². The van der Waals surface area contributed by atoms with E-state index in [1.54, 1.807) is 0 Å². The second-order valence-corrected chi connectivity index (χ2v) is 5.04. The summed E-state index contributed by atoms with van der Waals surface area (Å²) in [4.78, 5) is 0. The van der Waals surface area contributed by atoms with Gasteiger partial charge in [-0.05, 0) is 25.3 Å². The number of nitrogens with zero attached hydrogens (tertiary/aromatic N) is 1. The van der Waals surface area contributed by atoms with Crippen molar-refractivity contribution in [1.82, 2.24) is 0 Å². The molecule has 104 valence electrons. The van der Waals surface area contributed by atoms with Crippen molar-refractivity contribution in [2.24, 2.45) is 0 Å².